The summed E-state index contributed by atoms with van der Waals surface area (Å²) in [7, 11) is 0. The lowest BCUT2D eigenvalue weighted by Gasteiger charge is -2.15. The summed E-state index contributed by atoms with van der Waals surface area (Å²) in [6.45, 7) is 6.63. The Kier molecular flexibility index (Phi) is 10.0. The van der Waals surface area contributed by atoms with E-state index in [0.29, 0.717) is 19.7 Å². The fraction of sp³-hybridized carbons (Fsp3) is 0.350. The molecule has 0 saturated carbocycles. The van der Waals surface area contributed by atoms with Gasteiger partial charge in [-0.1, -0.05) is 76.6 Å². The third-order valence-electron chi connectivity index (χ3n) is 3.11. The molecule has 0 saturated heterocycles. The molecule has 24 heavy (non-hydrogen) atoms. The Morgan fingerprint density at radius 1 is 0.917 bits per heavy atom. The zero-order valence-electron chi connectivity index (χ0n) is 14.3. The lowest BCUT2D eigenvalue weighted by Crippen LogP contribution is -2.12. The Morgan fingerprint density at radius 3 is 1.88 bits per heavy atom. The van der Waals surface area contributed by atoms with Gasteiger partial charge in [-0.05, 0) is 31.4 Å². The quantitative estimate of drug-likeness (QED) is 0.355. The van der Waals surface area contributed by atoms with Crippen LogP contribution < -0.4 is 0 Å². The van der Waals surface area contributed by atoms with E-state index in [0.717, 1.165) is 18.6 Å². The van der Waals surface area contributed by atoms with Gasteiger partial charge < -0.3 is 9.47 Å². The molecule has 130 valence electrons. The van der Waals surface area contributed by atoms with Gasteiger partial charge in [0.2, 0.25) is 0 Å². The Hall–Kier alpha value is -1.65. The number of carbonyl (C=O) groups is 1. The first-order valence-corrected chi connectivity index (χ1v) is 8.70. The number of alkyl halides is 1. The third-order valence-corrected chi connectivity index (χ3v) is 3.51. The van der Waals surface area contributed by atoms with Gasteiger partial charge in [-0.25, -0.2) is 0 Å². The van der Waals surface area contributed by atoms with Crippen molar-refractivity contribution in [3.05, 3.63) is 71.8 Å². The van der Waals surface area contributed by atoms with Crippen LogP contribution in [0.1, 0.15) is 31.4 Å². The summed E-state index contributed by atoms with van der Waals surface area (Å²) < 4.78 is 10.3. The Morgan fingerprint density at radius 2 is 1.42 bits per heavy atom. The highest BCUT2D eigenvalue weighted by Gasteiger charge is 2.11. The van der Waals surface area contributed by atoms with E-state index in [9.17, 15) is 4.79 Å². The lowest BCUT2D eigenvalue weighted by atomic mass is 10.1. The molecule has 0 unspecified atom stereocenters. The van der Waals surface area contributed by atoms with Crippen molar-refractivity contribution in [1.29, 1.82) is 0 Å². The Balaban J connectivity index is 0.000000254. The van der Waals surface area contributed by atoms with E-state index in [1.54, 1.807) is 0 Å². The zero-order valence-corrected chi connectivity index (χ0v) is 15.9. The highest BCUT2D eigenvalue weighted by molar-refractivity contribution is 9.10. The first-order chi connectivity index (χ1) is 11.5. The monoisotopic (exact) mass is 392 g/mol. The van der Waals surface area contributed by atoms with Crippen molar-refractivity contribution >= 4 is 22.4 Å². The summed E-state index contributed by atoms with van der Waals surface area (Å²) in [4.78, 5) is 9.76. The van der Waals surface area contributed by atoms with Gasteiger partial charge in [0, 0.05) is 10.9 Å². The minimum Gasteiger partial charge on any atom is -0.463 e. The molecule has 0 N–H and O–H groups in total. The van der Waals surface area contributed by atoms with Gasteiger partial charge in [-0.3, -0.25) is 4.79 Å². The van der Waals surface area contributed by atoms with E-state index >= 15 is 0 Å². The van der Waals surface area contributed by atoms with E-state index < -0.39 is 0 Å². The second-order valence-corrected chi connectivity index (χ2v) is 8.05. The largest absolute Gasteiger partial charge is 0.463 e. The predicted octanol–water partition coefficient (Wildman–Crippen LogP) is 5.13. The molecule has 4 heteroatoms. The second kappa shape index (κ2) is 11.8. The molecule has 0 aliphatic heterocycles. The minimum absolute atomic E-state index is 0.184. The van der Waals surface area contributed by atoms with Gasteiger partial charge in [-0.15, -0.1) is 0 Å². The maximum Gasteiger partial charge on any atom is 0.293 e. The van der Waals surface area contributed by atoms with Crippen LogP contribution in [-0.4, -0.2) is 17.4 Å². The number of benzene rings is 2. The van der Waals surface area contributed by atoms with Crippen LogP contribution >= 0.6 is 15.9 Å². The lowest BCUT2D eigenvalue weighted by molar-refractivity contribution is -0.129. The standard InChI is InChI=1S/C12H17BrO.C8H8O2/c1-12(2,13)8-9-14-10-11-6-4-3-5-7-11;9-7-10-6-8-4-2-1-3-5-8/h3-7H,8-10H2,1-2H3;1-5,7H,6H2. The van der Waals surface area contributed by atoms with E-state index in [1.165, 1.54) is 5.56 Å². The van der Waals surface area contributed by atoms with Crippen molar-refractivity contribution in [2.45, 2.75) is 37.8 Å². The normalized spacial score (nSPS) is 10.5. The highest BCUT2D eigenvalue weighted by Crippen LogP contribution is 2.20. The molecule has 2 rings (SSSR count). The Labute approximate surface area is 153 Å². The van der Waals surface area contributed by atoms with Gasteiger partial charge in [0.1, 0.15) is 6.61 Å². The third kappa shape index (κ3) is 11.0. The van der Waals surface area contributed by atoms with Crippen molar-refractivity contribution in [2.75, 3.05) is 6.61 Å². The molecular formula is C20H25BrO3. The minimum atomic E-state index is 0.184. The molecule has 0 bridgehead atoms. The SMILES string of the molecule is CC(C)(Br)CCOCc1ccccc1.O=COCc1ccccc1. The van der Waals surface area contributed by atoms with Crippen molar-refractivity contribution in [1.82, 2.24) is 0 Å². The molecule has 0 aliphatic carbocycles. The number of ether oxygens (including phenoxy) is 2. The number of hydrogen-bond donors (Lipinski definition) is 0. The molecule has 3 nitrogen and oxygen atoms in total. The molecule has 0 aromatic heterocycles. The number of hydrogen-bond acceptors (Lipinski definition) is 3. The van der Waals surface area contributed by atoms with Gasteiger partial charge in [-0.2, -0.15) is 0 Å². The van der Waals surface area contributed by atoms with Crippen LogP contribution in [0, 0.1) is 0 Å². The molecule has 0 aliphatic rings. The second-order valence-electron chi connectivity index (χ2n) is 5.90. The number of halogens is 1. The summed E-state index contributed by atoms with van der Waals surface area (Å²) in [5, 5.41) is 0. The van der Waals surface area contributed by atoms with Crippen LogP contribution in [0.15, 0.2) is 60.7 Å². The average Bonchev–Trinajstić information content (AvgIpc) is 2.59. The molecule has 0 radical (unpaired) electrons. The summed E-state index contributed by atoms with van der Waals surface area (Å²) in [6.07, 6.45) is 1.03. The Bertz CT molecular complexity index is 550. The van der Waals surface area contributed by atoms with Crippen LogP contribution in [-0.2, 0) is 27.5 Å². The molecule has 0 fully saturated rings. The molecule has 0 heterocycles. The van der Waals surface area contributed by atoms with E-state index in [-0.39, 0.29) is 4.32 Å². The van der Waals surface area contributed by atoms with E-state index in [4.69, 9.17) is 4.74 Å². The van der Waals surface area contributed by atoms with Crippen LogP contribution in [0.2, 0.25) is 0 Å². The molecule has 2 aromatic rings. The maximum absolute atomic E-state index is 9.76. The van der Waals surface area contributed by atoms with Gasteiger partial charge in [0.25, 0.3) is 6.47 Å². The van der Waals surface area contributed by atoms with Crippen LogP contribution in [0.3, 0.4) is 0 Å². The van der Waals surface area contributed by atoms with Crippen molar-refractivity contribution in [2.24, 2.45) is 0 Å². The molecule has 0 atom stereocenters. The molecular weight excluding hydrogens is 368 g/mol. The van der Waals surface area contributed by atoms with Crippen LogP contribution in [0.25, 0.3) is 0 Å². The number of carbonyl (C=O) groups excluding carboxylic acids is 1. The summed E-state index contributed by atoms with van der Waals surface area (Å²) in [5.41, 5.74) is 2.24. The first kappa shape index (κ1) is 20.4. The smallest absolute Gasteiger partial charge is 0.293 e. The van der Waals surface area contributed by atoms with Gasteiger partial charge >= 0.3 is 0 Å². The first-order valence-electron chi connectivity index (χ1n) is 7.91. The van der Waals surface area contributed by atoms with Gasteiger partial charge in [0.05, 0.1) is 6.61 Å². The summed E-state index contributed by atoms with van der Waals surface area (Å²) >= 11 is 3.58. The fourth-order valence-corrected chi connectivity index (χ4v) is 1.95. The van der Waals surface area contributed by atoms with E-state index in [1.807, 2.05) is 48.5 Å². The fourth-order valence-electron chi connectivity index (χ4n) is 1.78. The van der Waals surface area contributed by atoms with Crippen LogP contribution in [0.5, 0.6) is 0 Å². The van der Waals surface area contributed by atoms with Crippen molar-refractivity contribution < 1.29 is 14.3 Å². The summed E-state index contributed by atoms with van der Waals surface area (Å²) in [5.74, 6) is 0. The number of rotatable bonds is 8. The van der Waals surface area contributed by atoms with Crippen molar-refractivity contribution in [3.63, 3.8) is 0 Å². The average molecular weight is 393 g/mol. The van der Waals surface area contributed by atoms with Crippen LogP contribution in [0.4, 0.5) is 0 Å². The van der Waals surface area contributed by atoms with E-state index in [2.05, 4.69) is 46.6 Å². The maximum atomic E-state index is 9.76. The molecule has 0 spiro atoms. The molecule has 0 amide bonds. The zero-order chi connectivity index (χ0) is 17.7. The summed E-state index contributed by atoms with van der Waals surface area (Å²) in [6, 6.07) is 19.8. The topological polar surface area (TPSA) is 35.5 Å². The molecule has 2 aromatic carbocycles. The van der Waals surface area contributed by atoms with Gasteiger partial charge in [0.15, 0.2) is 0 Å². The highest BCUT2D eigenvalue weighted by atomic mass is 79.9. The predicted molar refractivity (Wildman–Crippen MR) is 101 cm³/mol. The van der Waals surface area contributed by atoms with Crippen molar-refractivity contribution in [3.8, 4) is 0 Å².